The van der Waals surface area contributed by atoms with E-state index < -0.39 is 0 Å². The molecule has 2 saturated heterocycles. The summed E-state index contributed by atoms with van der Waals surface area (Å²) in [5.41, 5.74) is 1.80. The Morgan fingerprint density at radius 1 is 1.29 bits per heavy atom. The van der Waals surface area contributed by atoms with Crippen molar-refractivity contribution >= 4 is 5.91 Å². The normalized spacial score (nSPS) is 24.2. The van der Waals surface area contributed by atoms with Gasteiger partial charge in [0.2, 0.25) is 0 Å². The lowest BCUT2D eigenvalue weighted by Crippen LogP contribution is -2.50. The molecule has 24 heavy (non-hydrogen) atoms. The second kappa shape index (κ2) is 7.68. The molecule has 0 radical (unpaired) electrons. The van der Waals surface area contributed by atoms with E-state index in [1.165, 1.54) is 12.8 Å². The first-order valence-electron chi connectivity index (χ1n) is 9.00. The molecule has 6 nitrogen and oxygen atoms in total. The summed E-state index contributed by atoms with van der Waals surface area (Å²) in [4.78, 5) is 21.9. The summed E-state index contributed by atoms with van der Waals surface area (Å²) in [7, 11) is 3.56. The van der Waals surface area contributed by atoms with Gasteiger partial charge in [-0.2, -0.15) is 0 Å². The highest BCUT2D eigenvalue weighted by Crippen LogP contribution is 2.20. The van der Waals surface area contributed by atoms with E-state index in [-0.39, 0.29) is 5.91 Å². The molecule has 2 fully saturated rings. The fourth-order valence-electron chi connectivity index (χ4n) is 3.76. The van der Waals surface area contributed by atoms with E-state index in [1.807, 2.05) is 12.1 Å². The van der Waals surface area contributed by atoms with Gasteiger partial charge >= 0.3 is 0 Å². The van der Waals surface area contributed by atoms with Crippen LogP contribution in [0, 0.1) is 0 Å². The second-order valence-corrected chi connectivity index (χ2v) is 7.28. The van der Waals surface area contributed by atoms with Crippen LogP contribution in [0.25, 0.3) is 0 Å². The Labute approximate surface area is 144 Å². The van der Waals surface area contributed by atoms with Crippen molar-refractivity contribution in [2.45, 2.75) is 38.5 Å². The quantitative estimate of drug-likeness (QED) is 0.904. The Morgan fingerprint density at radius 3 is 2.71 bits per heavy atom. The van der Waals surface area contributed by atoms with E-state index in [9.17, 15) is 4.79 Å². The van der Waals surface area contributed by atoms with E-state index in [0.29, 0.717) is 17.8 Å². The van der Waals surface area contributed by atoms with Crippen LogP contribution in [0.1, 0.15) is 35.9 Å². The summed E-state index contributed by atoms with van der Waals surface area (Å²) in [5.74, 6) is 0.0291. The molecule has 2 aliphatic heterocycles. The number of carbonyl (C=O) groups excluding carboxylic acids is 1. The van der Waals surface area contributed by atoms with Crippen molar-refractivity contribution in [3.8, 4) is 0 Å². The van der Waals surface area contributed by atoms with Crippen LogP contribution in [0.3, 0.4) is 0 Å². The van der Waals surface area contributed by atoms with Crippen LogP contribution in [0.15, 0.2) is 12.1 Å². The molecule has 1 atom stereocenters. The third-order valence-corrected chi connectivity index (χ3v) is 5.12. The van der Waals surface area contributed by atoms with E-state index in [1.54, 1.807) is 19.0 Å². The van der Waals surface area contributed by atoms with Crippen molar-refractivity contribution in [3.05, 3.63) is 23.5 Å². The highest BCUT2D eigenvalue weighted by atomic mass is 16.5. The Hall–Kier alpha value is -1.37. The van der Waals surface area contributed by atoms with E-state index in [2.05, 4.69) is 21.7 Å². The molecule has 1 N–H and O–H groups in total. The van der Waals surface area contributed by atoms with Gasteiger partial charge in [-0.3, -0.25) is 14.6 Å². The van der Waals surface area contributed by atoms with Gasteiger partial charge in [-0.1, -0.05) is 0 Å². The van der Waals surface area contributed by atoms with Crippen LogP contribution in [-0.4, -0.2) is 84.6 Å². The van der Waals surface area contributed by atoms with Gasteiger partial charge in [0, 0.05) is 58.6 Å². The lowest BCUT2D eigenvalue weighted by molar-refractivity contribution is -0.0438. The van der Waals surface area contributed by atoms with Crippen molar-refractivity contribution < 1.29 is 9.53 Å². The maximum Gasteiger partial charge on any atom is 0.269 e. The van der Waals surface area contributed by atoms with Crippen molar-refractivity contribution in [1.29, 1.82) is 0 Å². The second-order valence-electron chi connectivity index (χ2n) is 7.28. The van der Waals surface area contributed by atoms with E-state index >= 15 is 0 Å². The van der Waals surface area contributed by atoms with Gasteiger partial charge in [-0.15, -0.1) is 0 Å². The maximum atomic E-state index is 12.0. The number of hydrogen-bond acceptors (Lipinski definition) is 4. The monoisotopic (exact) mass is 334 g/mol. The lowest BCUT2D eigenvalue weighted by Gasteiger charge is -2.41. The van der Waals surface area contributed by atoms with Crippen LogP contribution in [0.5, 0.6) is 0 Å². The number of aromatic nitrogens is 1. The molecule has 0 aliphatic carbocycles. The summed E-state index contributed by atoms with van der Waals surface area (Å²) in [6.07, 6.45) is 2.80. The van der Waals surface area contributed by atoms with Gasteiger partial charge in [0.25, 0.3) is 5.91 Å². The smallest absolute Gasteiger partial charge is 0.269 e. The van der Waals surface area contributed by atoms with E-state index in [4.69, 9.17) is 4.74 Å². The summed E-state index contributed by atoms with van der Waals surface area (Å²) in [6.45, 7) is 8.30. The molecular weight excluding hydrogens is 304 g/mol. The molecule has 1 unspecified atom stereocenters. The molecule has 6 heteroatoms. The number of amides is 1. The topological polar surface area (TPSA) is 51.8 Å². The number of nitrogens with one attached hydrogen (secondary N) is 1. The minimum atomic E-state index is 0.0291. The zero-order valence-electron chi connectivity index (χ0n) is 15.1. The summed E-state index contributed by atoms with van der Waals surface area (Å²) < 4.78 is 5.65. The first kappa shape index (κ1) is 17.5. The maximum absolute atomic E-state index is 12.0. The molecule has 1 aromatic heterocycles. The molecule has 2 aliphatic rings. The molecule has 0 spiro atoms. The van der Waals surface area contributed by atoms with Crippen molar-refractivity contribution in [2.24, 2.45) is 0 Å². The first-order chi connectivity index (χ1) is 11.5. The van der Waals surface area contributed by atoms with Gasteiger partial charge in [0.15, 0.2) is 0 Å². The van der Waals surface area contributed by atoms with Crippen molar-refractivity contribution in [2.75, 3.05) is 46.9 Å². The summed E-state index contributed by atoms with van der Waals surface area (Å²) >= 11 is 0. The van der Waals surface area contributed by atoms with Gasteiger partial charge in [-0.05, 0) is 31.9 Å². The highest BCUT2D eigenvalue weighted by molar-refractivity contribution is 5.92. The SMILES string of the molecule is CC1CN(C2CCN(Cc3ccc(C(=O)N(C)C)[nH]3)CC2)CCO1. The van der Waals surface area contributed by atoms with Crippen LogP contribution >= 0.6 is 0 Å². The zero-order chi connectivity index (χ0) is 17.1. The third kappa shape index (κ3) is 4.18. The van der Waals surface area contributed by atoms with Crippen LogP contribution in [-0.2, 0) is 11.3 Å². The zero-order valence-corrected chi connectivity index (χ0v) is 15.1. The number of ether oxygens (including phenoxy) is 1. The Kier molecular flexibility index (Phi) is 5.58. The average Bonchev–Trinajstić information content (AvgIpc) is 3.03. The molecule has 1 aromatic rings. The number of likely N-dealkylation sites (tertiary alicyclic amines) is 1. The van der Waals surface area contributed by atoms with Crippen molar-refractivity contribution in [1.82, 2.24) is 19.7 Å². The molecule has 3 rings (SSSR count). The number of morpholine rings is 1. The predicted molar refractivity (Wildman–Crippen MR) is 94.1 cm³/mol. The Bertz CT molecular complexity index is 549. The number of nitrogens with zero attached hydrogens (tertiary/aromatic N) is 3. The summed E-state index contributed by atoms with van der Waals surface area (Å²) in [5, 5.41) is 0. The molecule has 0 saturated carbocycles. The van der Waals surface area contributed by atoms with Gasteiger partial charge < -0.3 is 14.6 Å². The minimum absolute atomic E-state index is 0.0291. The highest BCUT2D eigenvalue weighted by Gasteiger charge is 2.28. The Balaban J connectivity index is 1.48. The molecular formula is C18H30N4O2. The molecule has 0 aromatic carbocycles. The fraction of sp³-hybridized carbons (Fsp3) is 0.722. The van der Waals surface area contributed by atoms with Crippen LogP contribution in [0.2, 0.25) is 0 Å². The van der Waals surface area contributed by atoms with Gasteiger partial charge in [-0.25, -0.2) is 0 Å². The molecule has 134 valence electrons. The number of carbonyl (C=O) groups is 1. The largest absolute Gasteiger partial charge is 0.376 e. The lowest BCUT2D eigenvalue weighted by atomic mass is 10.0. The number of rotatable bonds is 4. The van der Waals surface area contributed by atoms with Crippen LogP contribution in [0.4, 0.5) is 0 Å². The molecule has 0 bridgehead atoms. The fourth-order valence-corrected chi connectivity index (χ4v) is 3.76. The number of H-pyrrole nitrogens is 1. The minimum Gasteiger partial charge on any atom is -0.376 e. The summed E-state index contributed by atoms with van der Waals surface area (Å²) in [6, 6.07) is 4.62. The first-order valence-corrected chi connectivity index (χ1v) is 9.00. The molecule has 1 amide bonds. The predicted octanol–water partition coefficient (Wildman–Crippen LogP) is 1.40. The van der Waals surface area contributed by atoms with Crippen molar-refractivity contribution in [3.63, 3.8) is 0 Å². The third-order valence-electron chi connectivity index (χ3n) is 5.12. The number of hydrogen-bond donors (Lipinski definition) is 1. The van der Waals surface area contributed by atoms with Gasteiger partial charge in [0.1, 0.15) is 5.69 Å². The average molecular weight is 334 g/mol. The number of aromatic amines is 1. The Morgan fingerprint density at radius 2 is 2.04 bits per heavy atom. The van der Waals surface area contributed by atoms with E-state index in [0.717, 1.165) is 45.0 Å². The van der Waals surface area contributed by atoms with Gasteiger partial charge in [0.05, 0.1) is 12.7 Å². The standard InChI is InChI=1S/C18H30N4O2/c1-14-12-22(10-11-24-14)16-6-8-21(9-7-16)13-15-4-5-17(19-15)18(23)20(2)3/h4-5,14,16,19H,6-13H2,1-3H3. The molecule has 3 heterocycles. The number of piperidine rings is 1. The van der Waals surface area contributed by atoms with Crippen LogP contribution < -0.4 is 0 Å².